The molecule has 1 aromatic carbocycles. The average molecular weight is 383 g/mol. The molecule has 1 aromatic rings. The molecule has 1 amide bonds. The van der Waals surface area contributed by atoms with Gasteiger partial charge in [0.15, 0.2) is 0 Å². The fourth-order valence-electron chi connectivity index (χ4n) is 2.14. The van der Waals surface area contributed by atoms with Crippen molar-refractivity contribution in [1.82, 2.24) is 5.32 Å². The molecule has 0 aliphatic rings. The number of carbonyl (C=O) groups is 2. The summed E-state index contributed by atoms with van der Waals surface area (Å²) in [5.74, 6) is -0.899. The topological polar surface area (TPSA) is 90.9 Å². The van der Waals surface area contributed by atoms with E-state index in [-0.39, 0.29) is 6.16 Å². The number of benzene rings is 1. The predicted molar refractivity (Wildman–Crippen MR) is 99.1 cm³/mol. The van der Waals surface area contributed by atoms with Gasteiger partial charge in [0, 0.05) is 19.8 Å². The third-order valence-electron chi connectivity index (χ3n) is 3.70. The Labute approximate surface area is 154 Å². The molecule has 7 nitrogen and oxygen atoms in total. The van der Waals surface area contributed by atoms with Gasteiger partial charge in [-0.1, -0.05) is 23.8 Å². The molecule has 0 aliphatic carbocycles. The lowest BCUT2D eigenvalue weighted by Crippen LogP contribution is -2.41. The van der Waals surface area contributed by atoms with Gasteiger partial charge in [-0.15, -0.1) is 0 Å². The molecule has 1 rings (SSSR count). The highest BCUT2D eigenvalue weighted by Crippen LogP contribution is 2.49. The number of amides is 1. The second kappa shape index (κ2) is 10.3. The quantitative estimate of drug-likeness (QED) is 0.400. The first kappa shape index (κ1) is 22.1. The molecule has 0 bridgehead atoms. The minimum Gasteiger partial charge on any atom is -0.467 e. The van der Waals surface area contributed by atoms with Crippen molar-refractivity contribution in [3.63, 3.8) is 0 Å². The molecule has 0 spiro atoms. The molecule has 0 radical (unpaired) electrons. The lowest BCUT2D eigenvalue weighted by Gasteiger charge is -2.16. The summed E-state index contributed by atoms with van der Waals surface area (Å²) < 4.78 is 26.7. The summed E-state index contributed by atoms with van der Waals surface area (Å²) >= 11 is 0. The Morgan fingerprint density at radius 1 is 1.12 bits per heavy atom. The largest absolute Gasteiger partial charge is 0.467 e. The summed E-state index contributed by atoms with van der Waals surface area (Å²) in [7, 11) is 0.762. The van der Waals surface area contributed by atoms with E-state index in [1.165, 1.54) is 21.3 Å². The number of esters is 1. The number of methoxy groups -OCH3 is 1. The van der Waals surface area contributed by atoms with E-state index >= 15 is 0 Å². The minimum atomic E-state index is -3.17. The highest BCUT2D eigenvalue weighted by Gasteiger charge is 2.23. The summed E-state index contributed by atoms with van der Waals surface area (Å²) in [4.78, 5) is 24.2. The maximum atomic E-state index is 12.4. The van der Waals surface area contributed by atoms with Gasteiger partial charge in [-0.2, -0.15) is 0 Å². The Morgan fingerprint density at radius 2 is 1.69 bits per heavy atom. The van der Waals surface area contributed by atoms with Gasteiger partial charge in [0.05, 0.1) is 13.3 Å². The first-order valence-electron chi connectivity index (χ1n) is 8.06. The summed E-state index contributed by atoms with van der Waals surface area (Å²) in [5.41, 5.74) is 2.13. The fraction of sp³-hybridized carbons (Fsp3) is 0.444. The number of ether oxygens (including phenoxy) is 1. The van der Waals surface area contributed by atoms with Crippen LogP contribution >= 0.6 is 7.60 Å². The highest BCUT2D eigenvalue weighted by molar-refractivity contribution is 7.52. The third-order valence-corrected chi connectivity index (χ3v) is 5.57. The number of hydrogen-bond acceptors (Lipinski definition) is 6. The molecule has 26 heavy (non-hydrogen) atoms. The van der Waals surface area contributed by atoms with Gasteiger partial charge >= 0.3 is 13.6 Å². The van der Waals surface area contributed by atoms with Crippen molar-refractivity contribution in [2.24, 2.45) is 0 Å². The monoisotopic (exact) mass is 383 g/mol. The van der Waals surface area contributed by atoms with Crippen LogP contribution in [-0.2, 0) is 29.3 Å². The molecule has 0 aliphatic heterocycles. The van der Waals surface area contributed by atoms with Gasteiger partial charge in [0.25, 0.3) is 5.91 Å². The molecular weight excluding hydrogens is 357 g/mol. The Kier molecular flexibility index (Phi) is 8.72. The van der Waals surface area contributed by atoms with E-state index in [2.05, 4.69) is 5.32 Å². The Morgan fingerprint density at radius 3 is 2.15 bits per heavy atom. The van der Waals surface area contributed by atoms with Crippen LogP contribution < -0.4 is 5.32 Å². The lowest BCUT2D eigenvalue weighted by atomic mass is 10.1. The summed E-state index contributed by atoms with van der Waals surface area (Å²) in [6.45, 7) is 3.82. The second-order valence-corrected chi connectivity index (χ2v) is 8.17. The molecule has 1 atom stereocenters. The van der Waals surface area contributed by atoms with E-state index in [9.17, 15) is 14.2 Å². The van der Waals surface area contributed by atoms with Crippen molar-refractivity contribution in [2.75, 3.05) is 21.3 Å². The second-order valence-electron chi connectivity index (χ2n) is 5.90. The van der Waals surface area contributed by atoms with Crippen LogP contribution in [-0.4, -0.2) is 39.2 Å². The van der Waals surface area contributed by atoms with Crippen LogP contribution in [0.3, 0.4) is 0 Å². The first-order valence-corrected chi connectivity index (χ1v) is 9.79. The maximum absolute atomic E-state index is 12.4. The van der Waals surface area contributed by atoms with Crippen LogP contribution in [0.4, 0.5) is 0 Å². The molecule has 144 valence electrons. The Balaban J connectivity index is 2.84. The third kappa shape index (κ3) is 6.75. The average Bonchev–Trinajstić information content (AvgIpc) is 2.64. The molecular formula is C18H26NO6P. The van der Waals surface area contributed by atoms with Crippen molar-refractivity contribution in [1.29, 1.82) is 0 Å². The van der Waals surface area contributed by atoms with Crippen molar-refractivity contribution in [3.8, 4) is 0 Å². The molecule has 0 aromatic heterocycles. The predicted octanol–water partition coefficient (Wildman–Crippen LogP) is 3.30. The van der Waals surface area contributed by atoms with Gasteiger partial charge in [-0.25, -0.2) is 4.79 Å². The summed E-state index contributed by atoms with van der Waals surface area (Å²) in [5, 5.41) is 2.67. The minimum absolute atomic E-state index is 0.104. The Hall–Kier alpha value is -1.95. The lowest BCUT2D eigenvalue weighted by molar-refractivity contribution is -0.142. The van der Waals surface area contributed by atoms with Crippen LogP contribution in [0.25, 0.3) is 0 Å². The van der Waals surface area contributed by atoms with Gasteiger partial charge in [-0.3, -0.25) is 9.36 Å². The highest BCUT2D eigenvalue weighted by atomic mass is 31.2. The zero-order valence-electron chi connectivity index (χ0n) is 15.8. The van der Waals surface area contributed by atoms with Gasteiger partial charge < -0.3 is 19.1 Å². The number of hydrogen-bond donors (Lipinski definition) is 1. The van der Waals surface area contributed by atoms with E-state index in [0.29, 0.717) is 17.5 Å². The van der Waals surface area contributed by atoms with Gasteiger partial charge in [-0.05, 0) is 38.0 Å². The standard InChI is InChI=1S/C18H26NO6P/c1-13(2)6-11-16(18(21)23-3)19-17(20)15-9-7-14(8-10-15)12-26(22,24-4)25-5/h6-10,16H,11-12H2,1-5H3,(H,19,20)/t16-/m1/s1. The van der Waals surface area contributed by atoms with Crippen LogP contribution in [0.5, 0.6) is 0 Å². The summed E-state index contributed by atoms with van der Waals surface area (Å²) in [6, 6.07) is 5.76. The normalized spacial score (nSPS) is 12.2. The van der Waals surface area contributed by atoms with Crippen molar-refractivity contribution < 1.29 is 27.9 Å². The van der Waals surface area contributed by atoms with E-state index in [4.69, 9.17) is 13.8 Å². The number of allylic oxidation sites excluding steroid dienone is 1. The molecule has 0 unspecified atom stereocenters. The SMILES string of the molecule is COC(=O)[C@@H](CC=C(C)C)NC(=O)c1ccc(CP(=O)(OC)OC)cc1. The molecule has 0 heterocycles. The van der Waals surface area contributed by atoms with E-state index in [1.807, 2.05) is 19.9 Å². The van der Waals surface area contributed by atoms with E-state index in [1.54, 1.807) is 24.3 Å². The number of nitrogens with one attached hydrogen (secondary N) is 1. The smallest absolute Gasteiger partial charge is 0.334 e. The first-order chi connectivity index (χ1) is 12.2. The Bertz CT molecular complexity index is 686. The van der Waals surface area contributed by atoms with Crippen LogP contribution in [0.15, 0.2) is 35.9 Å². The van der Waals surface area contributed by atoms with E-state index < -0.39 is 25.5 Å². The van der Waals surface area contributed by atoms with Gasteiger partial charge in [0.1, 0.15) is 6.04 Å². The van der Waals surface area contributed by atoms with Crippen LogP contribution in [0.2, 0.25) is 0 Å². The van der Waals surface area contributed by atoms with Crippen molar-refractivity contribution in [2.45, 2.75) is 32.5 Å². The van der Waals surface area contributed by atoms with Crippen LogP contribution in [0.1, 0.15) is 36.2 Å². The van der Waals surface area contributed by atoms with Gasteiger partial charge in [0.2, 0.25) is 0 Å². The zero-order valence-corrected chi connectivity index (χ0v) is 16.7. The van der Waals surface area contributed by atoms with Crippen LogP contribution in [0, 0.1) is 0 Å². The summed E-state index contributed by atoms with van der Waals surface area (Å²) in [6.07, 6.45) is 2.31. The molecule has 0 fully saturated rings. The molecule has 8 heteroatoms. The van der Waals surface area contributed by atoms with Crippen molar-refractivity contribution in [3.05, 3.63) is 47.0 Å². The van der Waals surface area contributed by atoms with E-state index in [0.717, 1.165) is 5.57 Å². The number of carbonyl (C=O) groups excluding carboxylic acids is 2. The molecule has 1 N–H and O–H groups in total. The zero-order chi connectivity index (χ0) is 19.7. The number of rotatable bonds is 9. The fourth-order valence-corrected chi connectivity index (χ4v) is 3.21. The molecule has 0 saturated carbocycles. The maximum Gasteiger partial charge on any atom is 0.334 e. The molecule has 0 saturated heterocycles. The van der Waals surface area contributed by atoms with Crippen molar-refractivity contribution >= 4 is 19.5 Å².